The van der Waals surface area contributed by atoms with Crippen LogP contribution in [0.4, 0.5) is 5.82 Å². The Bertz CT molecular complexity index is 1280. The first-order valence-electron chi connectivity index (χ1n) is 11.9. The molecule has 0 radical (unpaired) electrons. The largest absolute Gasteiger partial charge is 0.378 e. The van der Waals surface area contributed by atoms with Gasteiger partial charge in [0, 0.05) is 42.2 Å². The fraction of sp³-hybridized carbons (Fsp3) is 0.214. The van der Waals surface area contributed by atoms with E-state index in [1.165, 1.54) is 0 Å². The number of amides is 1. The number of ether oxygens (including phenoxy) is 1. The fourth-order valence-electron chi connectivity index (χ4n) is 3.86. The molecule has 0 spiro atoms. The van der Waals surface area contributed by atoms with Crippen molar-refractivity contribution in [2.75, 3.05) is 31.2 Å². The van der Waals surface area contributed by atoms with E-state index >= 15 is 0 Å². The molecule has 1 amide bonds. The highest BCUT2D eigenvalue weighted by atomic mass is 32.2. The zero-order chi connectivity index (χ0) is 24.6. The van der Waals surface area contributed by atoms with Crippen LogP contribution >= 0.6 is 11.8 Å². The number of anilines is 1. The Morgan fingerprint density at radius 3 is 2.47 bits per heavy atom. The van der Waals surface area contributed by atoms with E-state index in [1.54, 1.807) is 18.0 Å². The number of rotatable bonds is 8. The number of nitrogens with one attached hydrogen (secondary N) is 1. The highest BCUT2D eigenvalue weighted by molar-refractivity contribution is 7.98. The van der Waals surface area contributed by atoms with Crippen molar-refractivity contribution in [3.05, 3.63) is 102 Å². The predicted octanol–water partition coefficient (Wildman–Crippen LogP) is 4.60. The van der Waals surface area contributed by atoms with Crippen LogP contribution in [0.2, 0.25) is 0 Å². The molecule has 2 aromatic heterocycles. The molecule has 5 rings (SSSR count). The van der Waals surface area contributed by atoms with Crippen LogP contribution in [0.1, 0.15) is 21.6 Å². The van der Waals surface area contributed by atoms with Gasteiger partial charge >= 0.3 is 0 Å². The van der Waals surface area contributed by atoms with E-state index in [4.69, 9.17) is 14.7 Å². The Morgan fingerprint density at radius 1 is 0.944 bits per heavy atom. The van der Waals surface area contributed by atoms with Crippen molar-refractivity contribution < 1.29 is 9.53 Å². The molecule has 0 unspecified atom stereocenters. The van der Waals surface area contributed by atoms with E-state index in [2.05, 4.69) is 33.4 Å². The molecule has 1 fully saturated rings. The highest BCUT2D eigenvalue weighted by Gasteiger charge is 2.16. The van der Waals surface area contributed by atoms with E-state index in [-0.39, 0.29) is 5.91 Å². The summed E-state index contributed by atoms with van der Waals surface area (Å²) in [6.07, 6.45) is 1.72. The first kappa shape index (κ1) is 24.0. The van der Waals surface area contributed by atoms with Gasteiger partial charge < -0.3 is 15.0 Å². The number of hydrogen-bond donors (Lipinski definition) is 1. The van der Waals surface area contributed by atoms with Gasteiger partial charge in [-0.05, 0) is 29.8 Å². The average Bonchev–Trinajstić information content (AvgIpc) is 2.96. The molecule has 8 heteroatoms. The summed E-state index contributed by atoms with van der Waals surface area (Å²) in [6.45, 7) is 3.44. The standard InChI is InChI=1S/C28H27N5O2S/c34-27(30-19-24-8-4-5-13-29-24)23-11-9-21(10-12-23)20-36-28-31-25(22-6-2-1-3-7-22)18-26(32-28)33-14-16-35-17-15-33/h1-13,18H,14-17,19-20H2,(H,30,34). The summed E-state index contributed by atoms with van der Waals surface area (Å²) in [4.78, 5) is 28.7. The molecule has 0 saturated carbocycles. The summed E-state index contributed by atoms with van der Waals surface area (Å²) >= 11 is 1.59. The molecule has 0 aliphatic carbocycles. The lowest BCUT2D eigenvalue weighted by atomic mass is 10.1. The predicted molar refractivity (Wildman–Crippen MR) is 142 cm³/mol. The topological polar surface area (TPSA) is 80.2 Å². The van der Waals surface area contributed by atoms with Gasteiger partial charge in [-0.25, -0.2) is 9.97 Å². The molecule has 0 atom stereocenters. The second-order valence-electron chi connectivity index (χ2n) is 8.35. The molecule has 7 nitrogen and oxygen atoms in total. The third kappa shape index (κ3) is 6.27. The minimum absolute atomic E-state index is 0.117. The fourth-order valence-corrected chi connectivity index (χ4v) is 4.67. The SMILES string of the molecule is O=C(NCc1ccccn1)c1ccc(CSc2nc(-c3ccccc3)cc(N3CCOCC3)n2)cc1. The van der Waals surface area contributed by atoms with Crippen molar-refractivity contribution in [2.24, 2.45) is 0 Å². The van der Waals surface area contributed by atoms with Crippen molar-refractivity contribution in [1.82, 2.24) is 20.3 Å². The van der Waals surface area contributed by atoms with Crippen molar-refractivity contribution >= 4 is 23.5 Å². The molecule has 1 aliphatic rings. The summed E-state index contributed by atoms with van der Waals surface area (Å²) in [5.74, 6) is 1.51. The number of carbonyl (C=O) groups is 1. The quantitative estimate of drug-likeness (QED) is 0.282. The maximum absolute atomic E-state index is 12.5. The molecule has 4 aromatic rings. The highest BCUT2D eigenvalue weighted by Crippen LogP contribution is 2.28. The van der Waals surface area contributed by atoms with E-state index in [0.29, 0.717) is 31.1 Å². The van der Waals surface area contributed by atoms with Gasteiger partial charge in [-0.2, -0.15) is 0 Å². The second-order valence-corrected chi connectivity index (χ2v) is 9.29. The number of hydrogen-bond acceptors (Lipinski definition) is 7. The van der Waals surface area contributed by atoms with E-state index in [9.17, 15) is 4.79 Å². The summed E-state index contributed by atoms with van der Waals surface area (Å²) in [6, 6.07) is 25.6. The number of benzene rings is 2. The van der Waals surface area contributed by atoms with Gasteiger partial charge in [-0.15, -0.1) is 0 Å². The Hall–Kier alpha value is -3.75. The molecular formula is C28H27N5O2S. The lowest BCUT2D eigenvalue weighted by molar-refractivity contribution is 0.0950. The van der Waals surface area contributed by atoms with Gasteiger partial charge in [-0.3, -0.25) is 9.78 Å². The summed E-state index contributed by atoms with van der Waals surface area (Å²) in [5.41, 5.74) is 4.53. The van der Waals surface area contributed by atoms with E-state index < -0.39 is 0 Å². The van der Waals surface area contributed by atoms with Crippen molar-refractivity contribution in [1.29, 1.82) is 0 Å². The molecule has 1 N–H and O–H groups in total. The molecular weight excluding hydrogens is 470 g/mol. The van der Waals surface area contributed by atoms with Gasteiger partial charge in [0.2, 0.25) is 0 Å². The minimum atomic E-state index is -0.117. The average molecular weight is 498 g/mol. The summed E-state index contributed by atoms with van der Waals surface area (Å²) in [7, 11) is 0. The van der Waals surface area contributed by atoms with Crippen molar-refractivity contribution in [2.45, 2.75) is 17.5 Å². The maximum Gasteiger partial charge on any atom is 0.251 e. The van der Waals surface area contributed by atoms with Crippen LogP contribution < -0.4 is 10.2 Å². The number of pyridine rings is 1. The van der Waals surface area contributed by atoms with Crippen LogP contribution in [0.25, 0.3) is 11.3 Å². The zero-order valence-electron chi connectivity index (χ0n) is 19.8. The monoisotopic (exact) mass is 497 g/mol. The van der Waals surface area contributed by atoms with Crippen LogP contribution in [-0.2, 0) is 17.0 Å². The summed E-state index contributed by atoms with van der Waals surface area (Å²) in [5, 5.41) is 3.64. The van der Waals surface area contributed by atoms with Crippen LogP contribution in [0.5, 0.6) is 0 Å². The normalized spacial score (nSPS) is 13.4. The molecule has 182 valence electrons. The van der Waals surface area contributed by atoms with Crippen molar-refractivity contribution in [3.8, 4) is 11.3 Å². The maximum atomic E-state index is 12.5. The molecule has 1 saturated heterocycles. The Labute approximate surface area is 215 Å². The second kappa shape index (κ2) is 11.8. The van der Waals surface area contributed by atoms with Crippen LogP contribution in [-0.4, -0.2) is 47.2 Å². The van der Waals surface area contributed by atoms with Crippen LogP contribution in [0, 0.1) is 0 Å². The van der Waals surface area contributed by atoms with E-state index in [0.717, 1.165) is 46.6 Å². The van der Waals surface area contributed by atoms with Crippen LogP contribution in [0.3, 0.4) is 0 Å². The molecule has 3 heterocycles. The minimum Gasteiger partial charge on any atom is -0.378 e. The first-order valence-corrected chi connectivity index (χ1v) is 12.9. The van der Waals surface area contributed by atoms with Gasteiger partial charge in [0.25, 0.3) is 5.91 Å². The van der Waals surface area contributed by atoms with E-state index in [1.807, 2.05) is 60.7 Å². The number of morpholine rings is 1. The molecule has 0 bridgehead atoms. The lowest BCUT2D eigenvalue weighted by Crippen LogP contribution is -2.36. The Balaban J connectivity index is 1.26. The third-order valence-corrected chi connectivity index (χ3v) is 6.76. The number of thioether (sulfide) groups is 1. The first-order chi connectivity index (χ1) is 17.7. The van der Waals surface area contributed by atoms with Gasteiger partial charge in [0.15, 0.2) is 5.16 Å². The van der Waals surface area contributed by atoms with Gasteiger partial charge in [0.05, 0.1) is 31.1 Å². The molecule has 1 aliphatic heterocycles. The third-order valence-electron chi connectivity index (χ3n) is 5.84. The Kier molecular flexibility index (Phi) is 7.85. The zero-order valence-corrected chi connectivity index (χ0v) is 20.7. The molecule has 36 heavy (non-hydrogen) atoms. The smallest absolute Gasteiger partial charge is 0.251 e. The number of carbonyl (C=O) groups excluding carboxylic acids is 1. The van der Waals surface area contributed by atoms with Crippen molar-refractivity contribution in [3.63, 3.8) is 0 Å². The number of nitrogens with zero attached hydrogens (tertiary/aromatic N) is 4. The summed E-state index contributed by atoms with van der Waals surface area (Å²) < 4.78 is 5.51. The number of aromatic nitrogens is 3. The van der Waals surface area contributed by atoms with Gasteiger partial charge in [0.1, 0.15) is 5.82 Å². The van der Waals surface area contributed by atoms with Crippen LogP contribution in [0.15, 0.2) is 90.2 Å². The Morgan fingerprint density at radius 2 is 1.72 bits per heavy atom. The molecule has 2 aromatic carbocycles. The lowest BCUT2D eigenvalue weighted by Gasteiger charge is -2.28. The van der Waals surface area contributed by atoms with Gasteiger partial charge in [-0.1, -0.05) is 60.3 Å².